The van der Waals surface area contributed by atoms with Gasteiger partial charge in [-0.15, -0.1) is 0 Å². The van der Waals surface area contributed by atoms with Crippen LogP contribution in [0.5, 0.6) is 0 Å². The first kappa shape index (κ1) is 26.6. The van der Waals surface area contributed by atoms with Crippen LogP contribution in [0.4, 0.5) is 0 Å². The Hall–Kier alpha value is -2.41. The maximum atomic E-state index is 13.5. The van der Waals surface area contributed by atoms with Gasteiger partial charge in [0.25, 0.3) is 0 Å². The maximum Gasteiger partial charge on any atom is 0.324 e. The van der Waals surface area contributed by atoms with Gasteiger partial charge in [-0.3, -0.25) is 29.4 Å². The van der Waals surface area contributed by atoms with Gasteiger partial charge in [0.05, 0.1) is 40.8 Å². The number of amides is 2. The first-order valence-electron chi connectivity index (χ1n) is 11.1. The molecule has 36 heavy (non-hydrogen) atoms. The van der Waals surface area contributed by atoms with Gasteiger partial charge in [-0.25, -0.2) is 8.42 Å². The van der Waals surface area contributed by atoms with Gasteiger partial charge in [0.15, 0.2) is 5.43 Å². The zero-order valence-corrected chi connectivity index (χ0v) is 22.1. The van der Waals surface area contributed by atoms with Crippen molar-refractivity contribution in [2.75, 3.05) is 30.6 Å². The van der Waals surface area contributed by atoms with E-state index in [1.54, 1.807) is 19.2 Å². The number of fused-ring (bicyclic) bond motifs is 2. The highest BCUT2D eigenvalue weighted by Crippen LogP contribution is 2.50. The number of nitrogens with zero attached hydrogens (tertiary/aromatic N) is 1. The topological polar surface area (TPSA) is 151 Å². The molecular formula is C23H25ClN2O8S2. The number of thioether (sulfide) groups is 1. The summed E-state index contributed by atoms with van der Waals surface area (Å²) < 4.78 is 29.1. The third-order valence-corrected chi connectivity index (χ3v) is 8.87. The highest BCUT2D eigenvalue weighted by atomic mass is 35.5. The maximum absolute atomic E-state index is 13.5. The lowest BCUT2D eigenvalue weighted by atomic mass is 9.78. The van der Waals surface area contributed by atoms with E-state index in [4.69, 9.17) is 16.0 Å². The molecule has 10 nitrogen and oxygen atoms in total. The monoisotopic (exact) mass is 556 g/mol. The fourth-order valence-electron chi connectivity index (χ4n) is 5.08. The fourth-order valence-corrected chi connectivity index (χ4v) is 6.29. The second-order valence-corrected chi connectivity index (χ2v) is 12.9. The summed E-state index contributed by atoms with van der Waals surface area (Å²) in [5, 5.41) is 13.7. The molecule has 194 valence electrons. The molecular weight excluding hydrogens is 532 g/mol. The average molecular weight is 557 g/mol. The summed E-state index contributed by atoms with van der Waals surface area (Å²) in [7, 11) is -3.50. The summed E-state index contributed by atoms with van der Waals surface area (Å²) in [4.78, 5) is 53.8. The van der Waals surface area contributed by atoms with Crippen molar-refractivity contribution in [3.05, 3.63) is 44.8 Å². The summed E-state index contributed by atoms with van der Waals surface area (Å²) >= 11 is 7.58. The van der Waals surface area contributed by atoms with Gasteiger partial charge in [-0.05, 0) is 43.0 Å². The van der Waals surface area contributed by atoms with Crippen molar-refractivity contribution < 1.29 is 32.3 Å². The second kappa shape index (κ2) is 9.47. The number of carbonyl (C=O) groups is 3. The van der Waals surface area contributed by atoms with Crippen LogP contribution >= 0.6 is 23.4 Å². The van der Waals surface area contributed by atoms with Crippen molar-refractivity contribution in [3.63, 3.8) is 0 Å². The number of hydrogen-bond acceptors (Lipinski definition) is 9. The average Bonchev–Trinajstić information content (AvgIpc) is 3.26. The number of imide groups is 1. The summed E-state index contributed by atoms with van der Waals surface area (Å²) in [6, 6.07) is 1.91. The van der Waals surface area contributed by atoms with Crippen LogP contribution in [0.3, 0.4) is 0 Å². The third-order valence-electron chi connectivity index (χ3n) is 6.93. The first-order valence-corrected chi connectivity index (χ1v) is 14.9. The van der Waals surface area contributed by atoms with Crippen LogP contribution in [-0.4, -0.2) is 72.3 Å². The van der Waals surface area contributed by atoms with E-state index in [9.17, 15) is 32.7 Å². The zero-order chi connectivity index (χ0) is 26.6. The van der Waals surface area contributed by atoms with Crippen LogP contribution in [0.25, 0.3) is 11.0 Å². The summed E-state index contributed by atoms with van der Waals surface area (Å²) in [6.07, 6.45) is 3.94. The van der Waals surface area contributed by atoms with E-state index < -0.39 is 68.8 Å². The predicted molar refractivity (Wildman–Crippen MR) is 135 cm³/mol. The summed E-state index contributed by atoms with van der Waals surface area (Å²) in [5.41, 5.74) is -1.38. The van der Waals surface area contributed by atoms with Crippen LogP contribution in [0.15, 0.2) is 27.6 Å². The molecule has 2 aliphatic heterocycles. The van der Waals surface area contributed by atoms with E-state index in [1.807, 2.05) is 0 Å². The van der Waals surface area contributed by atoms with E-state index in [0.717, 1.165) is 11.2 Å². The largest absolute Gasteiger partial charge is 0.480 e. The molecule has 0 bridgehead atoms. The van der Waals surface area contributed by atoms with Gasteiger partial charge in [0.1, 0.15) is 21.0 Å². The number of benzene rings is 1. The van der Waals surface area contributed by atoms with Crippen molar-refractivity contribution in [2.24, 2.45) is 11.8 Å². The smallest absolute Gasteiger partial charge is 0.324 e. The number of carboxylic acids is 1. The van der Waals surface area contributed by atoms with Crippen molar-refractivity contribution in [1.82, 2.24) is 10.2 Å². The number of carboxylic acid groups (broad SMARTS) is 1. The number of hydrogen-bond donors (Lipinski definition) is 2. The second-order valence-electron chi connectivity index (χ2n) is 9.22. The molecule has 0 aliphatic carbocycles. The molecule has 0 spiro atoms. The quantitative estimate of drug-likeness (QED) is 0.459. The van der Waals surface area contributed by atoms with Crippen LogP contribution in [0.2, 0.25) is 5.02 Å². The van der Waals surface area contributed by atoms with Gasteiger partial charge in [-0.2, -0.15) is 11.8 Å². The molecule has 2 saturated heterocycles. The first-order chi connectivity index (χ1) is 16.8. The normalized spacial score (nSPS) is 26.1. The van der Waals surface area contributed by atoms with Crippen LogP contribution < -0.4 is 10.7 Å². The van der Waals surface area contributed by atoms with Gasteiger partial charge < -0.3 is 9.52 Å². The molecule has 13 heteroatoms. The van der Waals surface area contributed by atoms with Gasteiger partial charge in [0, 0.05) is 17.8 Å². The number of aryl methyl sites for hydroxylation is 1. The molecule has 4 rings (SSSR count). The Morgan fingerprint density at radius 2 is 1.97 bits per heavy atom. The number of carbonyl (C=O) groups excluding carboxylic acids is 2. The molecule has 2 aromatic rings. The van der Waals surface area contributed by atoms with Crippen molar-refractivity contribution in [1.29, 1.82) is 0 Å². The van der Waals surface area contributed by atoms with E-state index in [1.165, 1.54) is 24.1 Å². The molecule has 4 atom stereocenters. The van der Waals surface area contributed by atoms with E-state index in [2.05, 4.69) is 5.32 Å². The van der Waals surface area contributed by atoms with E-state index >= 15 is 0 Å². The fraction of sp³-hybridized carbons (Fsp3) is 0.478. The van der Waals surface area contributed by atoms with E-state index in [0.29, 0.717) is 16.3 Å². The number of sulfone groups is 1. The van der Waals surface area contributed by atoms with Crippen molar-refractivity contribution in [2.45, 2.75) is 24.9 Å². The van der Waals surface area contributed by atoms with Crippen molar-refractivity contribution >= 4 is 62.0 Å². The predicted octanol–water partition coefficient (Wildman–Crippen LogP) is 1.62. The molecule has 0 radical (unpaired) electrons. The lowest BCUT2D eigenvalue weighted by Crippen LogP contribution is -2.56. The van der Waals surface area contributed by atoms with Crippen LogP contribution in [0, 0.1) is 18.8 Å². The molecule has 1 aromatic heterocycles. The molecule has 4 unspecified atom stereocenters. The minimum Gasteiger partial charge on any atom is -0.480 e. The molecule has 1 aromatic carbocycles. The van der Waals surface area contributed by atoms with Gasteiger partial charge >= 0.3 is 5.97 Å². The number of aliphatic carboxylic acids is 1. The number of likely N-dealkylation sites (tertiary alicyclic amines) is 1. The number of rotatable bonds is 8. The standard InChI is InChI=1S/C23H25ClN2O8S2/c1-11-8-15-12(9-14(11)24)19(27)13(10-34-15)18-16-17(23(25-18,22(30)31)4-6-35-2)21(29)26(20(16)28)5-7-36(3,32)33/h8-10,16-18,25H,4-7H2,1-3H3,(H,30,31). The number of halogens is 1. The van der Waals surface area contributed by atoms with Gasteiger partial charge in [0.2, 0.25) is 11.8 Å². The SMILES string of the molecule is CSCCC1(C(=O)O)NC(c2coc3cc(C)c(Cl)cc3c2=O)C2C(=O)N(CCS(C)(=O)=O)C(=O)C21. The summed E-state index contributed by atoms with van der Waals surface area (Å²) in [6.45, 7) is 1.36. The Morgan fingerprint density at radius 1 is 1.28 bits per heavy atom. The lowest BCUT2D eigenvalue weighted by Gasteiger charge is -2.31. The van der Waals surface area contributed by atoms with Crippen LogP contribution in [0.1, 0.15) is 23.6 Å². The van der Waals surface area contributed by atoms with Crippen LogP contribution in [-0.2, 0) is 24.2 Å². The van der Waals surface area contributed by atoms with Gasteiger partial charge in [-0.1, -0.05) is 11.6 Å². The van der Waals surface area contributed by atoms with Crippen molar-refractivity contribution in [3.8, 4) is 0 Å². The summed E-state index contributed by atoms with van der Waals surface area (Å²) in [5.74, 6) is -5.46. The third kappa shape index (κ3) is 4.33. The Morgan fingerprint density at radius 3 is 2.58 bits per heavy atom. The Kier molecular flexibility index (Phi) is 7.01. The minimum atomic E-state index is -3.50. The lowest BCUT2D eigenvalue weighted by molar-refractivity contribution is -0.151. The highest BCUT2D eigenvalue weighted by molar-refractivity contribution is 7.98. The highest BCUT2D eigenvalue weighted by Gasteiger charge is 2.68. The Balaban J connectivity index is 1.87. The molecule has 2 fully saturated rings. The molecule has 2 N–H and O–H groups in total. The molecule has 0 saturated carbocycles. The zero-order valence-electron chi connectivity index (χ0n) is 19.7. The molecule has 2 aliphatic rings. The Labute approximate surface area is 216 Å². The Bertz CT molecular complexity index is 1440. The minimum absolute atomic E-state index is 0.00388. The molecule has 3 heterocycles. The number of nitrogens with one attached hydrogen (secondary N) is 1. The van der Waals surface area contributed by atoms with E-state index in [-0.39, 0.29) is 23.0 Å². The molecule has 2 amide bonds.